The lowest BCUT2D eigenvalue weighted by atomic mass is 9.79. The number of ether oxygens (including phenoxy) is 2. The van der Waals surface area contributed by atoms with Crippen LogP contribution in [0.3, 0.4) is 0 Å². The van der Waals surface area contributed by atoms with Gasteiger partial charge in [-0.2, -0.15) is 0 Å². The van der Waals surface area contributed by atoms with Crippen LogP contribution in [0.2, 0.25) is 0 Å². The number of nitrogens with two attached hydrogens (primary N) is 1. The zero-order valence-electron chi connectivity index (χ0n) is 12.7. The molecule has 0 radical (unpaired) electrons. The molecule has 4 heteroatoms. The number of hydrogen-bond donors (Lipinski definition) is 2. The van der Waals surface area contributed by atoms with Crippen LogP contribution in [0.1, 0.15) is 17.5 Å². The Kier molecular flexibility index (Phi) is 4.05. The Hall–Kier alpha value is -2.04. The first-order valence-corrected chi connectivity index (χ1v) is 7.45. The Bertz CT molecular complexity index is 671. The van der Waals surface area contributed by atoms with E-state index in [1.54, 1.807) is 7.11 Å². The van der Waals surface area contributed by atoms with Crippen LogP contribution < -0.4 is 15.2 Å². The van der Waals surface area contributed by atoms with Gasteiger partial charge in [0.05, 0.1) is 13.7 Å². The van der Waals surface area contributed by atoms with E-state index in [1.807, 2.05) is 36.4 Å². The molecule has 4 nitrogen and oxygen atoms in total. The van der Waals surface area contributed by atoms with Crippen LogP contribution in [0.4, 0.5) is 0 Å². The van der Waals surface area contributed by atoms with Crippen LogP contribution in [0.15, 0.2) is 42.5 Å². The minimum absolute atomic E-state index is 0.0223. The van der Waals surface area contributed by atoms with Crippen molar-refractivity contribution in [3.63, 3.8) is 0 Å². The molecule has 0 saturated carbocycles. The molecule has 0 bridgehead atoms. The molecular formula is C18H21NO3. The van der Waals surface area contributed by atoms with Crippen molar-refractivity contribution in [2.24, 2.45) is 5.73 Å². The number of aryl methyl sites for hydroxylation is 1. The molecule has 0 aromatic heterocycles. The number of hydrogen-bond acceptors (Lipinski definition) is 4. The van der Waals surface area contributed by atoms with Crippen LogP contribution in [-0.2, 0) is 12.8 Å². The molecule has 0 spiro atoms. The summed E-state index contributed by atoms with van der Waals surface area (Å²) in [6.07, 6.45) is 2.36. The molecule has 22 heavy (non-hydrogen) atoms. The van der Waals surface area contributed by atoms with Crippen LogP contribution in [-0.4, -0.2) is 24.4 Å². The minimum atomic E-state index is -0.484. The number of aliphatic hydroxyl groups is 1. The first kappa shape index (κ1) is 14.9. The molecule has 0 fully saturated rings. The van der Waals surface area contributed by atoms with Gasteiger partial charge in [-0.05, 0) is 54.7 Å². The fourth-order valence-electron chi connectivity index (χ4n) is 2.86. The zero-order valence-corrected chi connectivity index (χ0v) is 12.7. The second kappa shape index (κ2) is 5.99. The molecule has 2 aromatic rings. The third-order valence-corrected chi connectivity index (χ3v) is 4.20. The summed E-state index contributed by atoms with van der Waals surface area (Å²) in [6.45, 7) is 0.0223. The number of aliphatic hydroxyl groups excluding tert-OH is 1. The van der Waals surface area contributed by atoms with Crippen molar-refractivity contribution in [3.05, 3.63) is 53.6 Å². The van der Waals surface area contributed by atoms with Crippen LogP contribution in [0.25, 0.3) is 0 Å². The van der Waals surface area contributed by atoms with Crippen LogP contribution in [0, 0.1) is 0 Å². The maximum atomic E-state index is 9.41. The van der Waals surface area contributed by atoms with Gasteiger partial charge in [-0.3, -0.25) is 0 Å². The highest BCUT2D eigenvalue weighted by molar-refractivity contribution is 5.42. The molecule has 1 aliphatic carbocycles. The van der Waals surface area contributed by atoms with Crippen LogP contribution in [0.5, 0.6) is 17.2 Å². The summed E-state index contributed by atoms with van der Waals surface area (Å²) in [4.78, 5) is 0. The molecule has 1 atom stereocenters. The van der Waals surface area contributed by atoms with Crippen molar-refractivity contribution in [1.29, 1.82) is 0 Å². The Labute approximate surface area is 130 Å². The summed E-state index contributed by atoms with van der Waals surface area (Å²) in [7, 11) is 1.64. The maximum Gasteiger partial charge on any atom is 0.131 e. The fourth-order valence-corrected chi connectivity index (χ4v) is 2.86. The second-order valence-electron chi connectivity index (χ2n) is 5.91. The molecule has 3 N–H and O–H groups in total. The molecular weight excluding hydrogens is 278 g/mol. The van der Waals surface area contributed by atoms with Crippen LogP contribution >= 0.6 is 0 Å². The topological polar surface area (TPSA) is 64.7 Å². The molecule has 116 valence electrons. The van der Waals surface area contributed by atoms with E-state index in [2.05, 4.69) is 6.07 Å². The highest BCUT2D eigenvalue weighted by atomic mass is 16.5. The number of benzene rings is 2. The fraction of sp³-hybridized carbons (Fsp3) is 0.333. The van der Waals surface area contributed by atoms with Crippen molar-refractivity contribution in [1.82, 2.24) is 0 Å². The number of methoxy groups -OCH3 is 1. The van der Waals surface area contributed by atoms with Crippen molar-refractivity contribution >= 4 is 0 Å². The van der Waals surface area contributed by atoms with Crippen molar-refractivity contribution < 1.29 is 14.6 Å². The van der Waals surface area contributed by atoms with Gasteiger partial charge in [-0.1, -0.05) is 12.1 Å². The summed E-state index contributed by atoms with van der Waals surface area (Å²) < 4.78 is 11.1. The van der Waals surface area contributed by atoms with E-state index >= 15 is 0 Å². The van der Waals surface area contributed by atoms with Gasteiger partial charge in [0.15, 0.2) is 0 Å². The molecule has 2 aromatic carbocycles. The smallest absolute Gasteiger partial charge is 0.131 e. The summed E-state index contributed by atoms with van der Waals surface area (Å²) in [5, 5.41) is 9.41. The van der Waals surface area contributed by atoms with Gasteiger partial charge in [0, 0.05) is 11.6 Å². The molecule has 0 amide bonds. The van der Waals surface area contributed by atoms with E-state index in [9.17, 15) is 5.11 Å². The zero-order chi connectivity index (χ0) is 15.6. The second-order valence-corrected chi connectivity index (χ2v) is 5.91. The molecule has 0 saturated heterocycles. The van der Waals surface area contributed by atoms with Gasteiger partial charge in [0.2, 0.25) is 0 Å². The summed E-state index contributed by atoms with van der Waals surface area (Å²) in [6, 6.07) is 13.6. The first-order chi connectivity index (χ1) is 10.6. The van der Waals surface area contributed by atoms with Gasteiger partial charge in [0.25, 0.3) is 0 Å². The Balaban J connectivity index is 1.79. The van der Waals surface area contributed by atoms with Crippen molar-refractivity contribution in [3.8, 4) is 17.2 Å². The highest BCUT2D eigenvalue weighted by Gasteiger charge is 2.29. The average molecular weight is 299 g/mol. The first-order valence-electron chi connectivity index (χ1n) is 7.45. The lowest BCUT2D eigenvalue weighted by molar-refractivity contribution is 0.181. The van der Waals surface area contributed by atoms with Gasteiger partial charge < -0.3 is 20.3 Å². The standard InChI is InChI=1S/C18H21NO3/c1-21-15-3-2-4-16(10-15)22-17-6-5-14-11-18(19,12-20)8-7-13(14)9-17/h2-6,9-10,20H,7-8,11-12,19H2,1H3. The molecule has 0 heterocycles. The lowest BCUT2D eigenvalue weighted by Gasteiger charge is -2.33. The van der Waals surface area contributed by atoms with E-state index < -0.39 is 5.54 Å². The lowest BCUT2D eigenvalue weighted by Crippen LogP contribution is -2.48. The van der Waals surface area contributed by atoms with Gasteiger partial charge in [0.1, 0.15) is 17.2 Å². The molecule has 3 rings (SSSR count). The monoisotopic (exact) mass is 299 g/mol. The Morgan fingerprint density at radius 3 is 2.64 bits per heavy atom. The molecule has 1 aliphatic rings. The van der Waals surface area contributed by atoms with Gasteiger partial charge in [-0.25, -0.2) is 0 Å². The molecule has 1 unspecified atom stereocenters. The van der Waals surface area contributed by atoms with Crippen molar-refractivity contribution in [2.45, 2.75) is 24.8 Å². The molecule has 0 aliphatic heterocycles. The summed E-state index contributed by atoms with van der Waals surface area (Å²) in [5.74, 6) is 2.32. The van der Waals surface area contributed by atoms with E-state index in [0.717, 1.165) is 30.1 Å². The number of fused-ring (bicyclic) bond motifs is 1. The normalized spacial score (nSPS) is 20.3. The quantitative estimate of drug-likeness (QED) is 0.911. The maximum absolute atomic E-state index is 9.41. The van der Waals surface area contributed by atoms with E-state index in [4.69, 9.17) is 15.2 Å². The summed E-state index contributed by atoms with van der Waals surface area (Å²) >= 11 is 0. The largest absolute Gasteiger partial charge is 0.497 e. The third-order valence-electron chi connectivity index (χ3n) is 4.20. The van der Waals surface area contributed by atoms with E-state index in [0.29, 0.717) is 6.42 Å². The number of rotatable bonds is 4. The minimum Gasteiger partial charge on any atom is -0.497 e. The SMILES string of the molecule is COc1cccc(Oc2ccc3c(c2)CCC(N)(CO)C3)c1. The Morgan fingerprint density at radius 1 is 1.09 bits per heavy atom. The summed E-state index contributed by atoms with van der Waals surface area (Å²) in [5.41, 5.74) is 8.13. The van der Waals surface area contributed by atoms with Gasteiger partial charge in [-0.15, -0.1) is 0 Å². The average Bonchev–Trinajstić information content (AvgIpc) is 2.55. The van der Waals surface area contributed by atoms with Crippen molar-refractivity contribution in [2.75, 3.05) is 13.7 Å². The van der Waals surface area contributed by atoms with E-state index in [-0.39, 0.29) is 6.61 Å². The third kappa shape index (κ3) is 3.08. The highest BCUT2D eigenvalue weighted by Crippen LogP contribution is 2.32. The Morgan fingerprint density at radius 2 is 1.86 bits per heavy atom. The predicted molar refractivity (Wildman–Crippen MR) is 85.5 cm³/mol. The van der Waals surface area contributed by atoms with E-state index in [1.165, 1.54) is 11.1 Å². The predicted octanol–water partition coefficient (Wildman–Crippen LogP) is 2.67. The van der Waals surface area contributed by atoms with Gasteiger partial charge >= 0.3 is 0 Å².